The molecule has 8 nitrogen and oxygen atoms in total. The Balaban J connectivity index is 1.67. The number of hydrogen-bond donors (Lipinski definition) is 2. The van der Waals surface area contributed by atoms with E-state index in [2.05, 4.69) is 15.2 Å². The molecule has 27 heavy (non-hydrogen) atoms. The second-order valence-electron chi connectivity index (χ2n) is 6.50. The maximum atomic E-state index is 10.7. The van der Waals surface area contributed by atoms with Crippen molar-refractivity contribution in [3.05, 3.63) is 47.7 Å². The highest BCUT2D eigenvalue weighted by atomic mass is 16.5. The number of aryl methyl sites for hydroxylation is 1. The van der Waals surface area contributed by atoms with Crippen molar-refractivity contribution in [1.82, 2.24) is 19.9 Å². The molecule has 1 fully saturated rings. The third-order valence-electron chi connectivity index (χ3n) is 4.75. The van der Waals surface area contributed by atoms with E-state index in [-0.39, 0.29) is 6.54 Å². The van der Waals surface area contributed by atoms with Crippen molar-refractivity contribution in [3.63, 3.8) is 0 Å². The van der Waals surface area contributed by atoms with Crippen LogP contribution in [0.5, 0.6) is 0 Å². The predicted molar refractivity (Wildman–Crippen MR) is 101 cm³/mol. The van der Waals surface area contributed by atoms with E-state index in [0.717, 1.165) is 46.9 Å². The van der Waals surface area contributed by atoms with Crippen LogP contribution < -0.4 is 10.2 Å². The fourth-order valence-electron chi connectivity index (χ4n) is 3.27. The van der Waals surface area contributed by atoms with Gasteiger partial charge >= 0.3 is 6.09 Å². The van der Waals surface area contributed by atoms with Crippen molar-refractivity contribution in [1.29, 1.82) is 0 Å². The van der Waals surface area contributed by atoms with Gasteiger partial charge in [-0.1, -0.05) is 12.1 Å². The minimum Gasteiger partial charge on any atom is -0.465 e. The lowest BCUT2D eigenvalue weighted by atomic mass is 10.0. The number of rotatable bonds is 4. The second kappa shape index (κ2) is 7.24. The molecule has 3 aromatic rings. The minimum absolute atomic E-state index is 0.288. The SMILES string of the molecule is Cc1cc(-c2ccnc3cc(N4CCOCC4)nn23)ccc1CNC(=O)O. The van der Waals surface area contributed by atoms with Crippen LogP contribution in [0.15, 0.2) is 36.5 Å². The van der Waals surface area contributed by atoms with Crippen LogP contribution in [-0.4, -0.2) is 52.1 Å². The third kappa shape index (κ3) is 3.56. The molecular formula is C19H21N5O3. The molecule has 2 N–H and O–H groups in total. The fraction of sp³-hybridized carbons (Fsp3) is 0.316. The van der Waals surface area contributed by atoms with Gasteiger partial charge in [-0.3, -0.25) is 0 Å². The minimum atomic E-state index is -1.03. The molecular weight excluding hydrogens is 346 g/mol. The first kappa shape index (κ1) is 17.3. The van der Waals surface area contributed by atoms with Gasteiger partial charge < -0.3 is 20.1 Å². The summed E-state index contributed by atoms with van der Waals surface area (Å²) in [5, 5.41) is 15.9. The zero-order chi connectivity index (χ0) is 18.8. The Morgan fingerprint density at radius 1 is 1.26 bits per heavy atom. The maximum Gasteiger partial charge on any atom is 0.404 e. The van der Waals surface area contributed by atoms with Gasteiger partial charge in [-0.15, -0.1) is 5.10 Å². The Morgan fingerprint density at radius 2 is 2.07 bits per heavy atom. The number of aromatic nitrogens is 3. The first-order valence-corrected chi connectivity index (χ1v) is 8.86. The lowest BCUT2D eigenvalue weighted by Crippen LogP contribution is -2.36. The average molecular weight is 367 g/mol. The van der Waals surface area contributed by atoms with Crippen molar-refractivity contribution in [2.75, 3.05) is 31.2 Å². The van der Waals surface area contributed by atoms with Crippen LogP contribution in [0.4, 0.5) is 10.6 Å². The molecule has 1 saturated heterocycles. The second-order valence-corrected chi connectivity index (χ2v) is 6.50. The molecule has 0 atom stereocenters. The van der Waals surface area contributed by atoms with Crippen molar-refractivity contribution < 1.29 is 14.6 Å². The van der Waals surface area contributed by atoms with Gasteiger partial charge in [-0.25, -0.2) is 14.3 Å². The summed E-state index contributed by atoms with van der Waals surface area (Å²) in [5.41, 5.74) is 4.71. The average Bonchev–Trinajstić information content (AvgIpc) is 3.12. The van der Waals surface area contributed by atoms with E-state index in [1.807, 2.05) is 41.8 Å². The molecule has 3 heterocycles. The number of benzene rings is 1. The Bertz CT molecular complexity index is 979. The number of carboxylic acid groups (broad SMARTS) is 1. The molecule has 2 aromatic heterocycles. The Hall–Kier alpha value is -3.13. The molecule has 0 radical (unpaired) electrons. The molecule has 8 heteroatoms. The molecule has 140 valence electrons. The monoisotopic (exact) mass is 367 g/mol. The van der Waals surface area contributed by atoms with Crippen LogP contribution in [0.2, 0.25) is 0 Å². The summed E-state index contributed by atoms with van der Waals surface area (Å²) in [7, 11) is 0. The highest BCUT2D eigenvalue weighted by molar-refractivity contribution is 5.67. The molecule has 4 rings (SSSR count). The standard InChI is InChI=1S/C19H21N5O3/c1-13-10-14(2-3-15(13)12-21-19(25)26)16-4-5-20-17-11-18(22-24(16)17)23-6-8-27-9-7-23/h2-5,10-11,21H,6-9,12H2,1H3,(H,25,26). The Kier molecular flexibility index (Phi) is 4.64. The van der Waals surface area contributed by atoms with Gasteiger partial charge in [-0.05, 0) is 30.2 Å². The predicted octanol–water partition coefficient (Wildman–Crippen LogP) is 2.31. The number of amides is 1. The first-order chi connectivity index (χ1) is 13.1. The molecule has 0 unspecified atom stereocenters. The summed E-state index contributed by atoms with van der Waals surface area (Å²) in [5.74, 6) is 0.900. The highest BCUT2D eigenvalue weighted by Crippen LogP contribution is 2.25. The highest BCUT2D eigenvalue weighted by Gasteiger charge is 2.16. The van der Waals surface area contributed by atoms with Crippen LogP contribution in [-0.2, 0) is 11.3 Å². The zero-order valence-corrected chi connectivity index (χ0v) is 15.1. The summed E-state index contributed by atoms with van der Waals surface area (Å²) in [6.45, 7) is 5.32. The smallest absolute Gasteiger partial charge is 0.404 e. The van der Waals surface area contributed by atoms with Crippen LogP contribution >= 0.6 is 0 Å². The summed E-state index contributed by atoms with van der Waals surface area (Å²) in [6, 6.07) is 9.90. The van der Waals surface area contributed by atoms with Gasteiger partial charge in [0.2, 0.25) is 0 Å². The van der Waals surface area contributed by atoms with Crippen LogP contribution in [0.3, 0.4) is 0 Å². The lowest BCUT2D eigenvalue weighted by molar-refractivity contribution is 0.122. The van der Waals surface area contributed by atoms with E-state index < -0.39 is 6.09 Å². The van der Waals surface area contributed by atoms with E-state index in [1.54, 1.807) is 6.20 Å². The third-order valence-corrected chi connectivity index (χ3v) is 4.75. The van der Waals surface area contributed by atoms with Crippen molar-refractivity contribution in [3.8, 4) is 11.3 Å². The van der Waals surface area contributed by atoms with Crippen molar-refractivity contribution in [2.24, 2.45) is 0 Å². The molecule has 1 amide bonds. The summed E-state index contributed by atoms with van der Waals surface area (Å²) in [6.07, 6.45) is 0.756. The normalized spacial score (nSPS) is 14.5. The molecule has 0 spiro atoms. The van der Waals surface area contributed by atoms with Gasteiger partial charge in [0.25, 0.3) is 0 Å². The number of hydrogen-bond acceptors (Lipinski definition) is 5. The molecule has 1 aliphatic rings. The van der Waals surface area contributed by atoms with E-state index in [4.69, 9.17) is 14.9 Å². The lowest BCUT2D eigenvalue weighted by Gasteiger charge is -2.26. The Labute approximate surface area is 156 Å². The molecule has 1 aromatic carbocycles. The number of fused-ring (bicyclic) bond motifs is 1. The van der Waals surface area contributed by atoms with Crippen LogP contribution in [0, 0.1) is 6.92 Å². The van der Waals surface area contributed by atoms with Gasteiger partial charge in [0.05, 0.1) is 18.9 Å². The summed E-state index contributed by atoms with van der Waals surface area (Å²) >= 11 is 0. The number of ether oxygens (including phenoxy) is 1. The molecule has 1 aliphatic heterocycles. The van der Waals surface area contributed by atoms with Crippen molar-refractivity contribution in [2.45, 2.75) is 13.5 Å². The van der Waals surface area contributed by atoms with Gasteiger partial charge in [0, 0.05) is 37.5 Å². The number of carbonyl (C=O) groups is 1. The van der Waals surface area contributed by atoms with Crippen LogP contribution in [0.1, 0.15) is 11.1 Å². The molecule has 0 bridgehead atoms. The fourth-order valence-corrected chi connectivity index (χ4v) is 3.27. The number of morpholine rings is 1. The topological polar surface area (TPSA) is 92.0 Å². The molecule has 0 aliphatic carbocycles. The van der Waals surface area contributed by atoms with Gasteiger partial charge in [0.1, 0.15) is 0 Å². The van der Waals surface area contributed by atoms with E-state index >= 15 is 0 Å². The largest absolute Gasteiger partial charge is 0.465 e. The van der Waals surface area contributed by atoms with E-state index in [9.17, 15) is 4.79 Å². The number of nitrogens with one attached hydrogen (secondary N) is 1. The summed E-state index contributed by atoms with van der Waals surface area (Å²) in [4.78, 5) is 17.4. The maximum absolute atomic E-state index is 10.7. The molecule has 0 saturated carbocycles. The first-order valence-electron chi connectivity index (χ1n) is 8.86. The zero-order valence-electron chi connectivity index (χ0n) is 15.1. The van der Waals surface area contributed by atoms with E-state index in [1.165, 1.54) is 0 Å². The van der Waals surface area contributed by atoms with Gasteiger partial charge in [-0.2, -0.15) is 0 Å². The summed E-state index contributed by atoms with van der Waals surface area (Å²) < 4.78 is 7.27. The number of nitrogens with zero attached hydrogens (tertiary/aromatic N) is 4. The Morgan fingerprint density at radius 3 is 2.81 bits per heavy atom. The van der Waals surface area contributed by atoms with Crippen LogP contribution in [0.25, 0.3) is 16.9 Å². The van der Waals surface area contributed by atoms with Gasteiger partial charge in [0.15, 0.2) is 11.5 Å². The quantitative estimate of drug-likeness (QED) is 0.735. The number of anilines is 1. The van der Waals surface area contributed by atoms with E-state index in [0.29, 0.717) is 13.2 Å². The van der Waals surface area contributed by atoms with Crippen molar-refractivity contribution >= 4 is 17.6 Å².